The molecule has 0 aliphatic heterocycles. The molecule has 5 heteroatoms. The Labute approximate surface area is 99.1 Å². The highest BCUT2D eigenvalue weighted by Crippen LogP contribution is 2.13. The molecule has 88 valence electrons. The Bertz CT molecular complexity index is 519. The molecule has 17 heavy (non-hydrogen) atoms. The van der Waals surface area contributed by atoms with Crippen molar-refractivity contribution < 1.29 is 4.79 Å². The van der Waals surface area contributed by atoms with Gasteiger partial charge in [0, 0.05) is 18.1 Å². The fourth-order valence-electron chi connectivity index (χ4n) is 1.52. The maximum Gasteiger partial charge on any atom is 0.253 e. The number of amides is 1. The van der Waals surface area contributed by atoms with Crippen LogP contribution in [-0.2, 0) is 6.54 Å². The number of nitrogens with one attached hydrogen (secondary N) is 2. The number of aromatic amines is 1. The number of anilines is 1. The van der Waals surface area contributed by atoms with E-state index in [9.17, 15) is 4.79 Å². The predicted molar refractivity (Wildman–Crippen MR) is 65.3 cm³/mol. The van der Waals surface area contributed by atoms with Crippen LogP contribution in [0.1, 0.15) is 21.7 Å². The van der Waals surface area contributed by atoms with Crippen LogP contribution in [0.15, 0.2) is 30.6 Å². The summed E-state index contributed by atoms with van der Waals surface area (Å²) < 4.78 is 0. The number of benzene rings is 1. The monoisotopic (exact) mass is 230 g/mol. The maximum absolute atomic E-state index is 11.9. The lowest BCUT2D eigenvalue weighted by molar-refractivity contribution is 0.0951. The van der Waals surface area contributed by atoms with Gasteiger partial charge in [-0.3, -0.25) is 4.79 Å². The molecule has 1 aromatic carbocycles. The van der Waals surface area contributed by atoms with Gasteiger partial charge in [-0.05, 0) is 19.1 Å². The van der Waals surface area contributed by atoms with Gasteiger partial charge in [0.25, 0.3) is 5.91 Å². The van der Waals surface area contributed by atoms with Crippen molar-refractivity contribution in [2.45, 2.75) is 13.5 Å². The smallest absolute Gasteiger partial charge is 0.253 e. The zero-order valence-corrected chi connectivity index (χ0v) is 9.53. The Hall–Kier alpha value is -2.30. The van der Waals surface area contributed by atoms with Crippen LogP contribution in [0, 0.1) is 6.92 Å². The summed E-state index contributed by atoms with van der Waals surface area (Å²) in [5, 5.41) is 2.76. The molecule has 0 radical (unpaired) electrons. The lowest BCUT2D eigenvalue weighted by Gasteiger charge is -2.07. The summed E-state index contributed by atoms with van der Waals surface area (Å²) in [6.45, 7) is 2.28. The second kappa shape index (κ2) is 4.69. The van der Waals surface area contributed by atoms with E-state index in [0.29, 0.717) is 23.6 Å². The molecule has 0 fully saturated rings. The molecule has 0 bridgehead atoms. The molecule has 0 aliphatic rings. The third-order valence-electron chi connectivity index (χ3n) is 2.42. The minimum absolute atomic E-state index is 0.192. The number of imidazole rings is 1. The number of rotatable bonds is 3. The summed E-state index contributed by atoms with van der Waals surface area (Å²) in [5.74, 6) is 0.521. The zero-order chi connectivity index (χ0) is 12.3. The number of H-pyrrole nitrogens is 1. The Balaban J connectivity index is 2.07. The standard InChI is InChI=1S/C12H14N4O/c1-8-2-3-10(13)9(6-8)12(17)16-7-11-14-4-5-15-11/h2-6H,7,13H2,1H3,(H,14,15)(H,16,17). The first-order chi connectivity index (χ1) is 8.16. The molecule has 4 N–H and O–H groups in total. The van der Waals surface area contributed by atoms with Crippen molar-refractivity contribution >= 4 is 11.6 Å². The van der Waals surface area contributed by atoms with Gasteiger partial charge in [0.2, 0.25) is 0 Å². The first-order valence-corrected chi connectivity index (χ1v) is 5.29. The number of hydrogen-bond acceptors (Lipinski definition) is 3. The van der Waals surface area contributed by atoms with E-state index in [1.807, 2.05) is 13.0 Å². The average molecular weight is 230 g/mol. The number of aromatic nitrogens is 2. The van der Waals surface area contributed by atoms with Crippen LogP contribution < -0.4 is 11.1 Å². The van der Waals surface area contributed by atoms with E-state index in [0.717, 1.165) is 5.56 Å². The van der Waals surface area contributed by atoms with Crippen LogP contribution in [0.5, 0.6) is 0 Å². The Morgan fingerprint density at radius 1 is 1.53 bits per heavy atom. The van der Waals surface area contributed by atoms with Gasteiger partial charge in [-0.1, -0.05) is 11.6 Å². The van der Waals surface area contributed by atoms with Crippen molar-refractivity contribution in [3.8, 4) is 0 Å². The predicted octanol–water partition coefficient (Wildman–Crippen LogP) is 1.23. The number of aryl methyl sites for hydroxylation is 1. The summed E-state index contributed by atoms with van der Waals surface area (Å²) >= 11 is 0. The van der Waals surface area contributed by atoms with Gasteiger partial charge >= 0.3 is 0 Å². The van der Waals surface area contributed by atoms with Gasteiger partial charge in [-0.25, -0.2) is 4.98 Å². The Kier molecular flexibility index (Phi) is 3.09. The van der Waals surface area contributed by atoms with E-state index in [1.165, 1.54) is 0 Å². The van der Waals surface area contributed by atoms with Crippen molar-refractivity contribution in [2.75, 3.05) is 5.73 Å². The van der Waals surface area contributed by atoms with Crippen molar-refractivity contribution in [2.24, 2.45) is 0 Å². The number of nitrogen functional groups attached to an aromatic ring is 1. The van der Waals surface area contributed by atoms with Crippen molar-refractivity contribution in [3.63, 3.8) is 0 Å². The highest BCUT2D eigenvalue weighted by Gasteiger charge is 2.09. The van der Waals surface area contributed by atoms with E-state index >= 15 is 0 Å². The molecule has 0 aliphatic carbocycles. The average Bonchev–Trinajstić information content (AvgIpc) is 2.82. The van der Waals surface area contributed by atoms with Gasteiger partial charge in [0.1, 0.15) is 5.82 Å². The largest absolute Gasteiger partial charge is 0.398 e. The quantitative estimate of drug-likeness (QED) is 0.693. The Morgan fingerprint density at radius 3 is 3.06 bits per heavy atom. The van der Waals surface area contributed by atoms with Gasteiger partial charge < -0.3 is 16.0 Å². The highest BCUT2D eigenvalue weighted by atomic mass is 16.1. The van der Waals surface area contributed by atoms with Crippen molar-refractivity contribution in [3.05, 3.63) is 47.5 Å². The molecular weight excluding hydrogens is 216 g/mol. The van der Waals surface area contributed by atoms with Crippen LogP contribution in [0.2, 0.25) is 0 Å². The first-order valence-electron chi connectivity index (χ1n) is 5.29. The molecule has 2 rings (SSSR count). The Morgan fingerprint density at radius 2 is 2.35 bits per heavy atom. The molecule has 5 nitrogen and oxygen atoms in total. The molecule has 0 saturated heterocycles. The number of carbonyl (C=O) groups is 1. The number of nitrogens with two attached hydrogens (primary N) is 1. The number of carbonyl (C=O) groups excluding carboxylic acids is 1. The summed E-state index contributed by atoms with van der Waals surface area (Å²) in [5.41, 5.74) is 7.73. The molecule has 1 heterocycles. The number of hydrogen-bond donors (Lipinski definition) is 3. The number of nitrogens with zero attached hydrogens (tertiary/aromatic N) is 1. The van der Waals surface area contributed by atoms with Crippen LogP contribution in [0.4, 0.5) is 5.69 Å². The highest BCUT2D eigenvalue weighted by molar-refractivity contribution is 5.99. The molecule has 2 aromatic rings. The zero-order valence-electron chi connectivity index (χ0n) is 9.53. The summed E-state index contributed by atoms with van der Waals surface area (Å²) in [6, 6.07) is 5.38. The summed E-state index contributed by atoms with van der Waals surface area (Å²) in [7, 11) is 0. The van der Waals surface area contributed by atoms with Gasteiger partial charge in [-0.2, -0.15) is 0 Å². The topological polar surface area (TPSA) is 83.8 Å². The van der Waals surface area contributed by atoms with Crippen molar-refractivity contribution in [1.29, 1.82) is 0 Å². The molecule has 1 aromatic heterocycles. The van der Waals surface area contributed by atoms with Crippen LogP contribution in [0.3, 0.4) is 0 Å². The second-order valence-electron chi connectivity index (χ2n) is 3.81. The molecule has 0 atom stereocenters. The molecule has 0 spiro atoms. The lowest BCUT2D eigenvalue weighted by Crippen LogP contribution is -2.24. The van der Waals surface area contributed by atoms with E-state index in [4.69, 9.17) is 5.73 Å². The molecule has 0 saturated carbocycles. The minimum atomic E-state index is -0.192. The van der Waals surface area contributed by atoms with Gasteiger partial charge in [-0.15, -0.1) is 0 Å². The second-order valence-corrected chi connectivity index (χ2v) is 3.81. The fourth-order valence-corrected chi connectivity index (χ4v) is 1.52. The normalized spacial score (nSPS) is 10.2. The van der Waals surface area contributed by atoms with Gasteiger partial charge in [0.05, 0.1) is 12.1 Å². The minimum Gasteiger partial charge on any atom is -0.398 e. The van der Waals surface area contributed by atoms with E-state index in [1.54, 1.807) is 24.5 Å². The maximum atomic E-state index is 11.9. The molecule has 0 unspecified atom stereocenters. The molecule has 1 amide bonds. The van der Waals surface area contributed by atoms with Crippen molar-refractivity contribution in [1.82, 2.24) is 15.3 Å². The third kappa shape index (κ3) is 2.63. The summed E-state index contributed by atoms with van der Waals surface area (Å²) in [6.07, 6.45) is 3.35. The first kappa shape index (κ1) is 11.2. The third-order valence-corrected chi connectivity index (χ3v) is 2.42. The van der Waals surface area contributed by atoms with E-state index < -0.39 is 0 Å². The SMILES string of the molecule is Cc1ccc(N)c(C(=O)NCc2ncc[nH]2)c1. The van der Waals surface area contributed by atoms with Gasteiger partial charge in [0.15, 0.2) is 0 Å². The lowest BCUT2D eigenvalue weighted by atomic mass is 10.1. The van der Waals surface area contributed by atoms with E-state index in [2.05, 4.69) is 15.3 Å². The fraction of sp³-hybridized carbons (Fsp3) is 0.167. The van der Waals surface area contributed by atoms with Crippen LogP contribution in [-0.4, -0.2) is 15.9 Å². The molecular formula is C12H14N4O. The summed E-state index contributed by atoms with van der Waals surface area (Å²) in [4.78, 5) is 18.8. The van der Waals surface area contributed by atoms with E-state index in [-0.39, 0.29) is 5.91 Å². The van der Waals surface area contributed by atoms with Crippen LogP contribution >= 0.6 is 0 Å². The van der Waals surface area contributed by atoms with Crippen LogP contribution in [0.25, 0.3) is 0 Å².